The van der Waals surface area contributed by atoms with Crippen LogP contribution in [0.15, 0.2) is 42.5 Å². The molecule has 3 aromatic rings. The Morgan fingerprint density at radius 3 is 2.71 bits per heavy atom. The summed E-state index contributed by atoms with van der Waals surface area (Å²) >= 11 is 0. The fourth-order valence-corrected chi connectivity index (χ4v) is 3.81. The molecule has 0 radical (unpaired) electrons. The lowest BCUT2D eigenvalue weighted by atomic mass is 9.92. The minimum Gasteiger partial charge on any atom is -0.497 e. The molecule has 1 N–H and O–H groups in total. The first kappa shape index (κ1) is 15.1. The van der Waals surface area contributed by atoms with Gasteiger partial charge in [0, 0.05) is 34.8 Å². The Kier molecular flexibility index (Phi) is 3.69. The van der Waals surface area contributed by atoms with E-state index in [0.29, 0.717) is 0 Å². The molecule has 1 aromatic heterocycles. The highest BCUT2D eigenvalue weighted by molar-refractivity contribution is 5.86. The van der Waals surface area contributed by atoms with Gasteiger partial charge in [-0.15, -0.1) is 0 Å². The van der Waals surface area contributed by atoms with Crippen LogP contribution in [-0.4, -0.2) is 37.7 Å². The summed E-state index contributed by atoms with van der Waals surface area (Å²) in [5.74, 6) is 1.81. The Hall–Kier alpha value is -2.46. The second kappa shape index (κ2) is 5.87. The Balaban J connectivity index is 1.91. The van der Waals surface area contributed by atoms with E-state index in [1.807, 2.05) is 18.2 Å². The Morgan fingerprint density at radius 2 is 1.92 bits per heavy atom. The second-order valence-electron chi connectivity index (χ2n) is 6.30. The number of aromatic nitrogens is 1. The molecule has 0 saturated carbocycles. The van der Waals surface area contributed by atoms with Crippen LogP contribution in [0.5, 0.6) is 11.5 Å². The summed E-state index contributed by atoms with van der Waals surface area (Å²) in [4.78, 5) is 6.03. The molecule has 2 heterocycles. The lowest BCUT2D eigenvalue weighted by Gasteiger charge is -2.33. The van der Waals surface area contributed by atoms with E-state index in [9.17, 15) is 0 Å². The second-order valence-corrected chi connectivity index (χ2v) is 6.30. The molecule has 0 bridgehead atoms. The van der Waals surface area contributed by atoms with Crippen molar-refractivity contribution in [3.05, 3.63) is 59.3 Å². The van der Waals surface area contributed by atoms with Crippen LogP contribution in [0.4, 0.5) is 0 Å². The van der Waals surface area contributed by atoms with Crippen LogP contribution >= 0.6 is 0 Å². The minimum atomic E-state index is 0.170. The maximum Gasteiger partial charge on any atom is 0.124 e. The van der Waals surface area contributed by atoms with Crippen LogP contribution in [0, 0.1) is 0 Å². The molecule has 2 aromatic carbocycles. The summed E-state index contributed by atoms with van der Waals surface area (Å²) in [6, 6.07) is 14.7. The molecular weight excluding hydrogens is 300 g/mol. The van der Waals surface area contributed by atoms with Crippen molar-refractivity contribution in [1.29, 1.82) is 0 Å². The predicted molar refractivity (Wildman–Crippen MR) is 96.0 cm³/mol. The number of hydrogen-bond acceptors (Lipinski definition) is 3. The van der Waals surface area contributed by atoms with Crippen LogP contribution < -0.4 is 9.47 Å². The zero-order chi connectivity index (χ0) is 16.7. The first-order chi connectivity index (χ1) is 11.7. The van der Waals surface area contributed by atoms with Gasteiger partial charge in [-0.2, -0.15) is 0 Å². The van der Waals surface area contributed by atoms with Gasteiger partial charge in [0.1, 0.15) is 11.5 Å². The van der Waals surface area contributed by atoms with E-state index in [1.165, 1.54) is 22.2 Å². The number of hydrogen-bond donors (Lipinski definition) is 1. The number of benzene rings is 2. The molecule has 0 saturated heterocycles. The topological polar surface area (TPSA) is 37.5 Å². The van der Waals surface area contributed by atoms with Gasteiger partial charge < -0.3 is 14.5 Å². The fourth-order valence-electron chi connectivity index (χ4n) is 3.81. The van der Waals surface area contributed by atoms with E-state index in [0.717, 1.165) is 30.0 Å². The molecule has 124 valence electrons. The summed E-state index contributed by atoms with van der Waals surface area (Å²) in [5, 5.41) is 1.29. The molecule has 4 heteroatoms. The van der Waals surface area contributed by atoms with Gasteiger partial charge in [-0.25, -0.2) is 0 Å². The average Bonchev–Trinajstić information content (AvgIpc) is 2.99. The van der Waals surface area contributed by atoms with E-state index in [-0.39, 0.29) is 6.04 Å². The molecule has 1 atom stereocenters. The molecule has 0 aliphatic carbocycles. The third-order valence-corrected chi connectivity index (χ3v) is 5.01. The fraction of sp³-hybridized carbons (Fsp3) is 0.300. The molecule has 4 rings (SSSR count). The number of H-pyrrole nitrogens is 1. The summed E-state index contributed by atoms with van der Waals surface area (Å²) in [6.07, 6.45) is 1.05. The van der Waals surface area contributed by atoms with Crippen molar-refractivity contribution in [2.24, 2.45) is 0 Å². The molecule has 1 unspecified atom stereocenters. The Labute approximate surface area is 142 Å². The zero-order valence-corrected chi connectivity index (χ0v) is 14.3. The van der Waals surface area contributed by atoms with Crippen LogP contribution in [0.3, 0.4) is 0 Å². The molecule has 0 fully saturated rings. The van der Waals surface area contributed by atoms with Gasteiger partial charge in [-0.1, -0.05) is 18.2 Å². The maximum absolute atomic E-state index is 5.61. The molecule has 4 nitrogen and oxygen atoms in total. The van der Waals surface area contributed by atoms with Crippen LogP contribution in [0.25, 0.3) is 10.9 Å². The summed E-state index contributed by atoms with van der Waals surface area (Å²) in [5.41, 5.74) is 5.00. The van der Waals surface area contributed by atoms with E-state index in [1.54, 1.807) is 14.2 Å². The van der Waals surface area contributed by atoms with E-state index in [2.05, 4.69) is 41.2 Å². The van der Waals surface area contributed by atoms with Crippen molar-refractivity contribution in [3.8, 4) is 11.5 Å². The van der Waals surface area contributed by atoms with Crippen LogP contribution in [0.2, 0.25) is 0 Å². The molecule has 0 amide bonds. The number of likely N-dealkylation sites (N-methyl/N-ethyl adjacent to an activating group) is 1. The van der Waals surface area contributed by atoms with Gasteiger partial charge >= 0.3 is 0 Å². The molecule has 1 aliphatic rings. The highest BCUT2D eigenvalue weighted by Gasteiger charge is 2.31. The highest BCUT2D eigenvalue weighted by Crippen LogP contribution is 2.41. The van der Waals surface area contributed by atoms with E-state index < -0.39 is 0 Å². The van der Waals surface area contributed by atoms with Gasteiger partial charge in [-0.3, -0.25) is 4.90 Å². The Bertz CT molecular complexity index is 884. The number of para-hydroxylation sites is 1. The van der Waals surface area contributed by atoms with Crippen molar-refractivity contribution in [3.63, 3.8) is 0 Å². The van der Waals surface area contributed by atoms with Crippen molar-refractivity contribution >= 4 is 10.9 Å². The van der Waals surface area contributed by atoms with Gasteiger partial charge in [0.2, 0.25) is 0 Å². The minimum absolute atomic E-state index is 0.170. The number of methoxy groups -OCH3 is 2. The predicted octanol–water partition coefficient (Wildman–Crippen LogP) is 3.76. The normalized spacial score (nSPS) is 17.7. The lowest BCUT2D eigenvalue weighted by molar-refractivity contribution is 0.255. The monoisotopic (exact) mass is 322 g/mol. The average molecular weight is 322 g/mol. The smallest absolute Gasteiger partial charge is 0.124 e. The summed E-state index contributed by atoms with van der Waals surface area (Å²) < 4.78 is 11.0. The standard InChI is InChI=1S/C20H22N2O2/c1-22-11-10-15-14-9-8-13(23-2)12-17(14)21-19(15)20(22)16-6-4-5-7-18(16)24-3/h4-9,12,20-21H,10-11H2,1-3H3. The summed E-state index contributed by atoms with van der Waals surface area (Å²) in [6.45, 7) is 1.02. The quantitative estimate of drug-likeness (QED) is 0.798. The number of fused-ring (bicyclic) bond motifs is 3. The number of rotatable bonds is 3. The number of nitrogens with one attached hydrogen (secondary N) is 1. The molecule has 24 heavy (non-hydrogen) atoms. The third-order valence-electron chi connectivity index (χ3n) is 5.01. The first-order valence-corrected chi connectivity index (χ1v) is 8.24. The van der Waals surface area contributed by atoms with Gasteiger partial charge in [0.25, 0.3) is 0 Å². The van der Waals surface area contributed by atoms with Gasteiger partial charge in [0.15, 0.2) is 0 Å². The Morgan fingerprint density at radius 1 is 1.08 bits per heavy atom. The largest absolute Gasteiger partial charge is 0.497 e. The number of aromatic amines is 1. The SMILES string of the molecule is COc1ccc2c3c([nH]c2c1)C(c1ccccc1OC)N(C)CC3. The maximum atomic E-state index is 5.61. The van der Waals surface area contributed by atoms with E-state index >= 15 is 0 Å². The van der Waals surface area contributed by atoms with Crippen LogP contribution in [0.1, 0.15) is 22.9 Å². The molecular formula is C20H22N2O2. The number of ether oxygens (including phenoxy) is 2. The van der Waals surface area contributed by atoms with Crippen LogP contribution in [-0.2, 0) is 6.42 Å². The van der Waals surface area contributed by atoms with Gasteiger partial charge in [0.05, 0.1) is 20.3 Å². The first-order valence-electron chi connectivity index (χ1n) is 8.24. The third kappa shape index (κ3) is 2.26. The lowest BCUT2D eigenvalue weighted by Crippen LogP contribution is -2.33. The molecule has 1 aliphatic heterocycles. The summed E-state index contributed by atoms with van der Waals surface area (Å²) in [7, 11) is 5.61. The van der Waals surface area contributed by atoms with Crippen molar-refractivity contribution in [1.82, 2.24) is 9.88 Å². The highest BCUT2D eigenvalue weighted by atomic mass is 16.5. The van der Waals surface area contributed by atoms with Gasteiger partial charge in [-0.05, 0) is 37.2 Å². The zero-order valence-electron chi connectivity index (χ0n) is 14.3. The number of nitrogens with zero attached hydrogens (tertiary/aromatic N) is 1. The van der Waals surface area contributed by atoms with Crippen molar-refractivity contribution in [2.75, 3.05) is 27.8 Å². The van der Waals surface area contributed by atoms with E-state index in [4.69, 9.17) is 9.47 Å². The molecule has 0 spiro atoms. The van der Waals surface area contributed by atoms with Crippen molar-refractivity contribution < 1.29 is 9.47 Å². The van der Waals surface area contributed by atoms with Crippen molar-refractivity contribution in [2.45, 2.75) is 12.5 Å².